The van der Waals surface area contributed by atoms with Crippen molar-refractivity contribution in [2.45, 2.75) is 0 Å². The highest BCUT2D eigenvalue weighted by molar-refractivity contribution is 5.92. The third-order valence-electron chi connectivity index (χ3n) is 4.82. The maximum absolute atomic E-state index is 12.5. The molecular formula is C21H22N2O4. The lowest BCUT2D eigenvalue weighted by molar-refractivity contribution is -0.126. The van der Waals surface area contributed by atoms with Crippen molar-refractivity contribution in [1.82, 2.24) is 4.90 Å². The highest BCUT2D eigenvalue weighted by Crippen LogP contribution is 2.32. The van der Waals surface area contributed by atoms with Crippen molar-refractivity contribution in [3.8, 4) is 17.2 Å². The number of hydrogen-bond donors (Lipinski definition) is 0. The molecule has 4 rings (SSSR count). The Morgan fingerprint density at radius 2 is 1.85 bits per heavy atom. The molecule has 0 N–H and O–H groups in total. The van der Waals surface area contributed by atoms with Gasteiger partial charge in [0.15, 0.2) is 11.5 Å². The number of carbonyl (C=O) groups excluding carboxylic acids is 1. The van der Waals surface area contributed by atoms with Gasteiger partial charge in [0, 0.05) is 44.0 Å². The molecule has 0 radical (unpaired) electrons. The quantitative estimate of drug-likeness (QED) is 0.779. The smallest absolute Gasteiger partial charge is 0.246 e. The zero-order chi connectivity index (χ0) is 18.6. The Labute approximate surface area is 158 Å². The first-order chi connectivity index (χ1) is 13.2. The summed E-state index contributed by atoms with van der Waals surface area (Å²) in [5.74, 6) is 2.33. The van der Waals surface area contributed by atoms with Gasteiger partial charge in [-0.15, -0.1) is 0 Å². The van der Waals surface area contributed by atoms with Crippen LogP contribution < -0.4 is 19.1 Å². The summed E-state index contributed by atoms with van der Waals surface area (Å²) in [5.41, 5.74) is 2.04. The molecule has 6 heteroatoms. The predicted octanol–water partition coefficient (Wildman–Crippen LogP) is 2.79. The third-order valence-corrected chi connectivity index (χ3v) is 4.82. The number of carbonyl (C=O) groups is 1. The van der Waals surface area contributed by atoms with Crippen LogP contribution in [0.25, 0.3) is 6.08 Å². The van der Waals surface area contributed by atoms with Crippen molar-refractivity contribution < 1.29 is 19.0 Å². The Bertz CT molecular complexity index is 857. The van der Waals surface area contributed by atoms with Crippen molar-refractivity contribution in [1.29, 1.82) is 0 Å². The van der Waals surface area contributed by atoms with E-state index in [4.69, 9.17) is 14.2 Å². The number of rotatable bonds is 4. The molecular weight excluding hydrogens is 344 g/mol. The molecule has 0 aliphatic carbocycles. The molecule has 1 saturated heterocycles. The molecule has 1 fully saturated rings. The Morgan fingerprint density at radius 3 is 2.67 bits per heavy atom. The maximum atomic E-state index is 12.5. The Balaban J connectivity index is 1.34. The molecule has 2 aliphatic rings. The maximum Gasteiger partial charge on any atom is 0.246 e. The van der Waals surface area contributed by atoms with E-state index in [1.165, 1.54) is 0 Å². The van der Waals surface area contributed by atoms with Crippen molar-refractivity contribution in [2.75, 3.05) is 45.0 Å². The average molecular weight is 366 g/mol. The van der Waals surface area contributed by atoms with Crippen LogP contribution in [0.4, 0.5) is 5.69 Å². The van der Waals surface area contributed by atoms with Crippen LogP contribution in [-0.4, -0.2) is 50.9 Å². The summed E-state index contributed by atoms with van der Waals surface area (Å²) in [6.45, 7) is 3.25. The highest BCUT2D eigenvalue weighted by atomic mass is 16.7. The first-order valence-corrected chi connectivity index (χ1v) is 8.98. The van der Waals surface area contributed by atoms with Gasteiger partial charge in [-0.25, -0.2) is 0 Å². The average Bonchev–Trinajstić information content (AvgIpc) is 3.20. The summed E-state index contributed by atoms with van der Waals surface area (Å²) in [6.07, 6.45) is 3.44. The van der Waals surface area contributed by atoms with E-state index in [9.17, 15) is 4.79 Å². The van der Waals surface area contributed by atoms with Crippen LogP contribution in [0.2, 0.25) is 0 Å². The van der Waals surface area contributed by atoms with Crippen molar-refractivity contribution in [3.63, 3.8) is 0 Å². The Kier molecular flexibility index (Phi) is 4.87. The fraction of sp³-hybridized carbons (Fsp3) is 0.286. The first kappa shape index (κ1) is 17.3. The summed E-state index contributed by atoms with van der Waals surface area (Å²) >= 11 is 0. The van der Waals surface area contributed by atoms with E-state index in [-0.39, 0.29) is 12.7 Å². The van der Waals surface area contributed by atoms with Crippen LogP contribution in [0.15, 0.2) is 48.5 Å². The normalized spacial score (nSPS) is 16.0. The molecule has 2 aromatic rings. The van der Waals surface area contributed by atoms with Gasteiger partial charge in [0.05, 0.1) is 7.11 Å². The van der Waals surface area contributed by atoms with Crippen molar-refractivity contribution in [3.05, 3.63) is 54.1 Å². The number of hydrogen-bond acceptors (Lipinski definition) is 5. The van der Waals surface area contributed by atoms with Gasteiger partial charge in [0.25, 0.3) is 0 Å². The predicted molar refractivity (Wildman–Crippen MR) is 103 cm³/mol. The SMILES string of the molecule is COc1cccc(N2CCN(C(=O)/C=C/c3ccc4c(c3)OCO4)CC2)c1. The van der Waals surface area contributed by atoms with Crippen LogP contribution in [0.5, 0.6) is 17.2 Å². The van der Waals surface area contributed by atoms with Gasteiger partial charge < -0.3 is 24.0 Å². The standard InChI is InChI=1S/C21H22N2O4/c1-25-18-4-2-3-17(14-18)22-9-11-23(12-10-22)21(24)8-6-16-5-7-19-20(13-16)27-15-26-19/h2-8,13-14H,9-12,15H2,1H3/b8-6+. The zero-order valence-electron chi connectivity index (χ0n) is 15.3. The number of fused-ring (bicyclic) bond motifs is 1. The van der Waals surface area contributed by atoms with Crippen LogP contribution in [0.1, 0.15) is 5.56 Å². The van der Waals surface area contributed by atoms with Gasteiger partial charge in [-0.05, 0) is 35.9 Å². The molecule has 0 aromatic heterocycles. The molecule has 27 heavy (non-hydrogen) atoms. The number of piperazine rings is 1. The summed E-state index contributed by atoms with van der Waals surface area (Å²) in [6, 6.07) is 13.7. The minimum atomic E-state index is 0.0259. The van der Waals surface area contributed by atoms with Crippen molar-refractivity contribution >= 4 is 17.7 Å². The number of nitrogens with zero attached hydrogens (tertiary/aromatic N) is 2. The van der Waals surface area contributed by atoms with Gasteiger partial charge >= 0.3 is 0 Å². The molecule has 0 bridgehead atoms. The number of amides is 1. The topological polar surface area (TPSA) is 51.2 Å². The minimum Gasteiger partial charge on any atom is -0.497 e. The summed E-state index contributed by atoms with van der Waals surface area (Å²) < 4.78 is 16.0. The van der Waals surface area contributed by atoms with Gasteiger partial charge in [0.2, 0.25) is 12.7 Å². The van der Waals surface area contributed by atoms with Gasteiger partial charge in [0.1, 0.15) is 5.75 Å². The van der Waals surface area contributed by atoms with Crippen LogP contribution in [0.3, 0.4) is 0 Å². The van der Waals surface area contributed by atoms with Gasteiger partial charge in [-0.3, -0.25) is 4.79 Å². The number of methoxy groups -OCH3 is 1. The van der Waals surface area contributed by atoms with E-state index in [0.717, 1.165) is 41.6 Å². The lowest BCUT2D eigenvalue weighted by atomic mass is 10.2. The van der Waals surface area contributed by atoms with E-state index in [0.29, 0.717) is 13.1 Å². The molecule has 0 atom stereocenters. The van der Waals surface area contributed by atoms with Gasteiger partial charge in [-0.2, -0.15) is 0 Å². The van der Waals surface area contributed by atoms with Crippen molar-refractivity contribution in [2.24, 2.45) is 0 Å². The Morgan fingerprint density at radius 1 is 1.04 bits per heavy atom. The second-order valence-electron chi connectivity index (χ2n) is 6.46. The molecule has 6 nitrogen and oxygen atoms in total. The number of benzene rings is 2. The van der Waals surface area contributed by atoms with Crippen LogP contribution in [0, 0.1) is 0 Å². The fourth-order valence-electron chi connectivity index (χ4n) is 3.28. The summed E-state index contributed by atoms with van der Waals surface area (Å²) in [4.78, 5) is 16.6. The van der Waals surface area contributed by atoms with Gasteiger partial charge in [-0.1, -0.05) is 12.1 Å². The molecule has 0 spiro atoms. The molecule has 2 aliphatic heterocycles. The van der Waals surface area contributed by atoms with Crippen LogP contribution >= 0.6 is 0 Å². The van der Waals surface area contributed by atoms with Crippen LogP contribution in [-0.2, 0) is 4.79 Å². The lowest BCUT2D eigenvalue weighted by Crippen LogP contribution is -2.48. The highest BCUT2D eigenvalue weighted by Gasteiger charge is 2.20. The lowest BCUT2D eigenvalue weighted by Gasteiger charge is -2.35. The molecule has 140 valence electrons. The van der Waals surface area contributed by atoms with E-state index in [1.54, 1.807) is 13.2 Å². The largest absolute Gasteiger partial charge is 0.497 e. The second kappa shape index (κ2) is 7.61. The summed E-state index contributed by atoms with van der Waals surface area (Å²) in [7, 11) is 1.67. The van der Waals surface area contributed by atoms with E-state index in [2.05, 4.69) is 11.0 Å². The molecule has 2 heterocycles. The zero-order valence-corrected chi connectivity index (χ0v) is 15.3. The molecule has 0 unspecified atom stereocenters. The monoisotopic (exact) mass is 366 g/mol. The molecule has 0 saturated carbocycles. The fourth-order valence-corrected chi connectivity index (χ4v) is 3.28. The van der Waals surface area contributed by atoms with E-state index >= 15 is 0 Å². The minimum absolute atomic E-state index is 0.0259. The molecule has 1 amide bonds. The number of anilines is 1. The third kappa shape index (κ3) is 3.84. The summed E-state index contributed by atoms with van der Waals surface area (Å²) in [5, 5.41) is 0. The first-order valence-electron chi connectivity index (χ1n) is 8.98. The van der Waals surface area contributed by atoms with E-state index < -0.39 is 0 Å². The number of ether oxygens (including phenoxy) is 3. The second-order valence-corrected chi connectivity index (χ2v) is 6.46. The Hall–Kier alpha value is -3.15. The molecule has 2 aromatic carbocycles. The van der Waals surface area contributed by atoms with E-state index in [1.807, 2.05) is 47.4 Å².